The van der Waals surface area contributed by atoms with Gasteiger partial charge in [0.15, 0.2) is 0 Å². The van der Waals surface area contributed by atoms with Gasteiger partial charge in [0, 0.05) is 30.5 Å². The van der Waals surface area contributed by atoms with Gasteiger partial charge in [-0.1, -0.05) is 103 Å². The largest absolute Gasteiger partial charge is 0.310 e. The van der Waals surface area contributed by atoms with Crippen molar-refractivity contribution in [3.8, 4) is 22.3 Å². The van der Waals surface area contributed by atoms with Gasteiger partial charge in [-0.3, -0.25) is 9.97 Å². The molecule has 1 aliphatic rings. The summed E-state index contributed by atoms with van der Waals surface area (Å²) in [5.74, 6) is 0. The molecule has 0 saturated heterocycles. The number of para-hydroxylation sites is 3. The maximum atomic E-state index is 4.22. The van der Waals surface area contributed by atoms with Gasteiger partial charge in [0.2, 0.25) is 0 Å². The molecule has 0 amide bonds. The molecule has 5 aromatic carbocycles. The molecule has 0 bridgehead atoms. The van der Waals surface area contributed by atoms with Gasteiger partial charge in [-0.25, -0.2) is 0 Å². The van der Waals surface area contributed by atoms with Crippen molar-refractivity contribution in [2.45, 2.75) is 5.41 Å². The van der Waals surface area contributed by atoms with Crippen LogP contribution >= 0.6 is 0 Å². The SMILES string of the molecule is c1ccc(N2c3ccccc3C(c3ccc(-c4ccncc4)cc3)(c3ccc(-c4ccncc4)cc3)c3ccccc32)cc1. The number of fused-ring (bicyclic) bond motifs is 2. The Labute approximate surface area is 257 Å². The van der Waals surface area contributed by atoms with Crippen molar-refractivity contribution in [2.75, 3.05) is 4.90 Å². The Morgan fingerprint density at radius 3 is 1.20 bits per heavy atom. The molecule has 0 N–H and O–H groups in total. The van der Waals surface area contributed by atoms with Crippen LogP contribution < -0.4 is 4.90 Å². The highest BCUT2D eigenvalue weighted by molar-refractivity contribution is 5.89. The van der Waals surface area contributed by atoms with Crippen LogP contribution in [0.25, 0.3) is 22.3 Å². The Morgan fingerprint density at radius 1 is 0.364 bits per heavy atom. The van der Waals surface area contributed by atoms with E-state index in [-0.39, 0.29) is 0 Å². The standard InChI is InChI=1S/C41H29N3/c1-2-8-36(9-3-1)44-39-12-6-4-10-37(39)41(38-11-5-7-13-40(38)44,34-18-14-30(15-19-34)32-22-26-42-27-23-32)35-20-16-31(17-21-35)33-24-28-43-29-25-33/h1-29H. The second-order valence-corrected chi connectivity index (χ2v) is 11.1. The highest BCUT2D eigenvalue weighted by Crippen LogP contribution is 2.57. The fourth-order valence-corrected chi connectivity index (χ4v) is 6.80. The lowest BCUT2D eigenvalue weighted by molar-refractivity contribution is 0.731. The summed E-state index contributed by atoms with van der Waals surface area (Å²) in [6, 6.07) is 54.8. The van der Waals surface area contributed by atoms with Crippen molar-refractivity contribution >= 4 is 17.1 Å². The van der Waals surface area contributed by atoms with Crippen molar-refractivity contribution in [1.29, 1.82) is 0 Å². The zero-order valence-corrected chi connectivity index (χ0v) is 24.1. The molecule has 44 heavy (non-hydrogen) atoms. The maximum Gasteiger partial charge on any atom is 0.0742 e. The van der Waals surface area contributed by atoms with Gasteiger partial charge >= 0.3 is 0 Å². The van der Waals surface area contributed by atoms with Crippen LogP contribution in [-0.2, 0) is 5.41 Å². The molecule has 208 valence electrons. The Hall–Kier alpha value is -5.80. The van der Waals surface area contributed by atoms with Crippen LogP contribution in [0.1, 0.15) is 22.3 Å². The quantitative estimate of drug-likeness (QED) is 0.209. The van der Waals surface area contributed by atoms with Crippen LogP contribution in [-0.4, -0.2) is 9.97 Å². The number of aromatic nitrogens is 2. The van der Waals surface area contributed by atoms with Crippen LogP contribution in [0.3, 0.4) is 0 Å². The number of anilines is 3. The average molecular weight is 564 g/mol. The van der Waals surface area contributed by atoms with E-state index in [2.05, 4.69) is 167 Å². The minimum Gasteiger partial charge on any atom is -0.310 e. The summed E-state index contributed by atoms with van der Waals surface area (Å²) in [6.07, 6.45) is 7.39. The first kappa shape index (κ1) is 25.9. The van der Waals surface area contributed by atoms with Crippen LogP contribution in [0, 0.1) is 0 Å². The molecule has 3 heteroatoms. The second-order valence-electron chi connectivity index (χ2n) is 11.1. The number of hydrogen-bond acceptors (Lipinski definition) is 3. The van der Waals surface area contributed by atoms with E-state index < -0.39 is 5.41 Å². The molecule has 0 spiro atoms. The molecule has 0 aliphatic carbocycles. The fraction of sp³-hybridized carbons (Fsp3) is 0.0244. The fourth-order valence-electron chi connectivity index (χ4n) is 6.80. The van der Waals surface area contributed by atoms with Gasteiger partial charge in [-0.2, -0.15) is 0 Å². The van der Waals surface area contributed by atoms with Crippen LogP contribution in [0.5, 0.6) is 0 Å². The predicted molar refractivity (Wildman–Crippen MR) is 179 cm³/mol. The molecule has 0 fully saturated rings. The topological polar surface area (TPSA) is 29.0 Å². The third-order valence-electron chi connectivity index (χ3n) is 8.78. The zero-order valence-electron chi connectivity index (χ0n) is 24.1. The lowest BCUT2D eigenvalue weighted by atomic mass is 9.62. The van der Waals surface area contributed by atoms with E-state index in [4.69, 9.17) is 0 Å². The zero-order chi connectivity index (χ0) is 29.3. The summed E-state index contributed by atoms with van der Waals surface area (Å²) >= 11 is 0. The molecular weight excluding hydrogens is 534 g/mol. The predicted octanol–water partition coefficient (Wildman–Crippen LogP) is 9.98. The Balaban J connectivity index is 1.41. The van der Waals surface area contributed by atoms with Crippen LogP contribution in [0.2, 0.25) is 0 Å². The van der Waals surface area contributed by atoms with Gasteiger partial charge < -0.3 is 4.90 Å². The summed E-state index contributed by atoms with van der Waals surface area (Å²) in [4.78, 5) is 10.8. The van der Waals surface area contributed by atoms with E-state index in [1.54, 1.807) is 0 Å². The van der Waals surface area contributed by atoms with E-state index in [1.165, 1.54) is 44.8 Å². The molecule has 0 atom stereocenters. The van der Waals surface area contributed by atoms with Gasteiger partial charge in [-0.15, -0.1) is 0 Å². The summed E-state index contributed by atoms with van der Waals surface area (Å²) < 4.78 is 0. The van der Waals surface area contributed by atoms with Crippen molar-refractivity contribution in [3.05, 3.63) is 199 Å². The van der Waals surface area contributed by atoms with E-state index in [0.29, 0.717) is 0 Å². The lowest BCUT2D eigenvalue weighted by Gasteiger charge is -2.46. The third-order valence-corrected chi connectivity index (χ3v) is 8.78. The molecular formula is C41H29N3. The molecule has 7 aromatic rings. The normalized spacial score (nSPS) is 13.1. The van der Waals surface area contributed by atoms with Crippen molar-refractivity contribution in [2.24, 2.45) is 0 Å². The molecule has 2 aromatic heterocycles. The minimum absolute atomic E-state index is 0.550. The molecule has 3 heterocycles. The molecule has 0 saturated carbocycles. The van der Waals surface area contributed by atoms with Crippen LogP contribution in [0.4, 0.5) is 17.1 Å². The molecule has 3 nitrogen and oxygen atoms in total. The highest BCUT2D eigenvalue weighted by atomic mass is 15.2. The average Bonchev–Trinajstić information content (AvgIpc) is 3.12. The van der Waals surface area contributed by atoms with E-state index >= 15 is 0 Å². The molecule has 1 aliphatic heterocycles. The van der Waals surface area contributed by atoms with Crippen molar-refractivity contribution < 1.29 is 0 Å². The molecule has 0 radical (unpaired) electrons. The molecule has 0 unspecified atom stereocenters. The minimum atomic E-state index is -0.550. The Morgan fingerprint density at radius 2 is 0.750 bits per heavy atom. The van der Waals surface area contributed by atoms with Crippen LogP contribution in [0.15, 0.2) is 176 Å². The summed E-state index contributed by atoms with van der Waals surface area (Å²) in [7, 11) is 0. The van der Waals surface area contributed by atoms with Gasteiger partial charge in [-0.05, 0) is 93.0 Å². The number of nitrogens with zero attached hydrogens (tertiary/aromatic N) is 3. The number of hydrogen-bond donors (Lipinski definition) is 0. The smallest absolute Gasteiger partial charge is 0.0742 e. The van der Waals surface area contributed by atoms with Gasteiger partial charge in [0.1, 0.15) is 0 Å². The highest BCUT2D eigenvalue weighted by Gasteiger charge is 2.46. The Bertz CT molecular complexity index is 1900. The number of pyridine rings is 2. The van der Waals surface area contributed by atoms with Crippen molar-refractivity contribution in [3.63, 3.8) is 0 Å². The number of benzene rings is 5. The van der Waals surface area contributed by atoms with Crippen molar-refractivity contribution in [1.82, 2.24) is 9.97 Å². The summed E-state index contributed by atoms with van der Waals surface area (Å²) in [6.45, 7) is 0. The van der Waals surface area contributed by atoms with Gasteiger partial charge in [0.05, 0.1) is 16.8 Å². The first-order valence-corrected chi connectivity index (χ1v) is 14.9. The van der Waals surface area contributed by atoms with E-state index in [1.807, 2.05) is 24.8 Å². The monoisotopic (exact) mass is 563 g/mol. The maximum absolute atomic E-state index is 4.22. The summed E-state index contributed by atoms with van der Waals surface area (Å²) in [5.41, 5.74) is 12.5. The van der Waals surface area contributed by atoms with E-state index in [0.717, 1.165) is 16.8 Å². The first-order chi connectivity index (χ1) is 21.8. The molecule has 8 rings (SSSR count). The lowest BCUT2D eigenvalue weighted by Crippen LogP contribution is -2.37. The van der Waals surface area contributed by atoms with Gasteiger partial charge in [0.25, 0.3) is 0 Å². The number of rotatable bonds is 5. The first-order valence-electron chi connectivity index (χ1n) is 14.9. The third kappa shape index (κ3) is 4.13. The summed E-state index contributed by atoms with van der Waals surface area (Å²) in [5, 5.41) is 0. The second kappa shape index (κ2) is 10.8. The van der Waals surface area contributed by atoms with E-state index in [9.17, 15) is 0 Å². The Kier molecular flexibility index (Phi) is 6.35.